The number of ether oxygens (including phenoxy) is 1. The van der Waals surface area contributed by atoms with E-state index in [2.05, 4.69) is 5.32 Å². The molecule has 0 aromatic heterocycles. The van der Waals surface area contributed by atoms with Gasteiger partial charge in [-0.2, -0.15) is 0 Å². The number of aliphatic hydroxyl groups excluding tert-OH is 1. The molecule has 136 valence electrons. The maximum atomic E-state index is 13.4. The van der Waals surface area contributed by atoms with Crippen LogP contribution in [0.5, 0.6) is 0 Å². The van der Waals surface area contributed by atoms with Gasteiger partial charge in [-0.1, -0.05) is 12.1 Å². The summed E-state index contributed by atoms with van der Waals surface area (Å²) in [5.41, 5.74) is 1.66. The normalized spacial score (nSPS) is 32.8. The fourth-order valence-corrected chi connectivity index (χ4v) is 4.49. The fraction of sp³-hybridized carbons (Fsp3) is 0.632. The molecule has 0 bridgehead atoms. The number of nitrogens with zero attached hydrogens (tertiary/aromatic N) is 1. The second kappa shape index (κ2) is 6.34. The predicted octanol–water partition coefficient (Wildman–Crippen LogP) is 1.88. The summed E-state index contributed by atoms with van der Waals surface area (Å²) in [6.07, 6.45) is 2.43. The Balaban J connectivity index is 1.30. The van der Waals surface area contributed by atoms with Gasteiger partial charge in [-0.3, -0.25) is 10.1 Å². The summed E-state index contributed by atoms with van der Waals surface area (Å²) in [5, 5.41) is 12.5. The van der Waals surface area contributed by atoms with Crippen LogP contribution >= 0.6 is 0 Å². The Morgan fingerprint density at radius 1 is 1.36 bits per heavy atom. The van der Waals surface area contributed by atoms with Gasteiger partial charge in [0, 0.05) is 24.5 Å². The lowest BCUT2D eigenvalue weighted by molar-refractivity contribution is -0.142. The lowest BCUT2D eigenvalue weighted by Gasteiger charge is -2.45. The minimum atomic E-state index is -0.897. The van der Waals surface area contributed by atoms with E-state index in [4.69, 9.17) is 4.74 Å². The minimum absolute atomic E-state index is 0.0333. The SMILES string of the molecule is Cc1cc(C2CCN(C(=O)C3CC4(COC(O)N4)C3)CC2)ccc1F. The molecule has 2 saturated heterocycles. The molecule has 1 saturated carbocycles. The van der Waals surface area contributed by atoms with Gasteiger partial charge in [0.15, 0.2) is 0 Å². The number of nitrogens with one attached hydrogen (secondary N) is 1. The predicted molar refractivity (Wildman–Crippen MR) is 90.2 cm³/mol. The van der Waals surface area contributed by atoms with Crippen LogP contribution in [0.25, 0.3) is 0 Å². The summed E-state index contributed by atoms with van der Waals surface area (Å²) in [6.45, 7) is 3.79. The van der Waals surface area contributed by atoms with E-state index in [0.717, 1.165) is 38.8 Å². The van der Waals surface area contributed by atoms with Crippen molar-refractivity contribution in [2.24, 2.45) is 5.92 Å². The molecule has 1 aliphatic carbocycles. The molecule has 1 atom stereocenters. The monoisotopic (exact) mass is 348 g/mol. The van der Waals surface area contributed by atoms with Gasteiger partial charge in [-0.05, 0) is 55.7 Å². The van der Waals surface area contributed by atoms with Crippen LogP contribution in [-0.4, -0.2) is 47.6 Å². The molecule has 1 aromatic rings. The van der Waals surface area contributed by atoms with Crippen LogP contribution in [0.1, 0.15) is 42.7 Å². The highest BCUT2D eigenvalue weighted by Gasteiger charge is 2.52. The third-order valence-corrected chi connectivity index (χ3v) is 6.03. The smallest absolute Gasteiger partial charge is 0.225 e. The Hall–Kier alpha value is -1.50. The Bertz CT molecular complexity index is 667. The molecular weight excluding hydrogens is 323 g/mol. The van der Waals surface area contributed by atoms with Crippen molar-refractivity contribution in [2.45, 2.75) is 50.5 Å². The van der Waals surface area contributed by atoms with Crippen LogP contribution < -0.4 is 5.32 Å². The number of benzene rings is 1. The zero-order valence-electron chi connectivity index (χ0n) is 14.5. The second-order valence-electron chi connectivity index (χ2n) is 7.80. The molecule has 2 heterocycles. The molecule has 5 nitrogen and oxygen atoms in total. The van der Waals surface area contributed by atoms with Gasteiger partial charge in [0.2, 0.25) is 12.3 Å². The molecule has 1 aromatic carbocycles. The number of piperidine rings is 1. The van der Waals surface area contributed by atoms with E-state index < -0.39 is 6.41 Å². The van der Waals surface area contributed by atoms with E-state index in [-0.39, 0.29) is 23.2 Å². The zero-order valence-corrected chi connectivity index (χ0v) is 14.5. The number of hydrogen-bond acceptors (Lipinski definition) is 4. The van der Waals surface area contributed by atoms with E-state index >= 15 is 0 Å². The average Bonchev–Trinajstić information content (AvgIpc) is 2.98. The van der Waals surface area contributed by atoms with Gasteiger partial charge in [-0.25, -0.2) is 4.39 Å². The number of carbonyl (C=O) groups is 1. The lowest BCUT2D eigenvalue weighted by atomic mass is 9.68. The fourth-order valence-electron chi connectivity index (χ4n) is 4.49. The van der Waals surface area contributed by atoms with Crippen molar-refractivity contribution in [1.29, 1.82) is 0 Å². The summed E-state index contributed by atoms with van der Waals surface area (Å²) in [4.78, 5) is 14.7. The van der Waals surface area contributed by atoms with Crippen molar-refractivity contribution < 1.29 is 19.0 Å². The van der Waals surface area contributed by atoms with Crippen LogP contribution in [0.15, 0.2) is 18.2 Å². The van der Waals surface area contributed by atoms with Gasteiger partial charge < -0.3 is 14.7 Å². The molecule has 2 N–H and O–H groups in total. The van der Waals surface area contributed by atoms with Gasteiger partial charge in [0.05, 0.1) is 6.61 Å². The molecule has 3 fully saturated rings. The van der Waals surface area contributed by atoms with Crippen LogP contribution in [0, 0.1) is 18.7 Å². The standard InChI is InChI=1S/C19H25FN2O3/c1-12-8-14(2-3-16(12)20)13-4-6-22(7-5-13)17(23)15-9-19(10-15)11-25-18(24)21-19/h2-3,8,13,15,18,21,24H,4-7,9-11H2,1H3. The van der Waals surface area contributed by atoms with Crippen molar-refractivity contribution >= 4 is 5.91 Å². The average molecular weight is 348 g/mol. The van der Waals surface area contributed by atoms with Gasteiger partial charge in [0.1, 0.15) is 5.82 Å². The van der Waals surface area contributed by atoms with Crippen molar-refractivity contribution in [2.75, 3.05) is 19.7 Å². The van der Waals surface area contributed by atoms with E-state index in [9.17, 15) is 14.3 Å². The number of hydrogen-bond donors (Lipinski definition) is 2. The van der Waals surface area contributed by atoms with Crippen LogP contribution in [-0.2, 0) is 9.53 Å². The summed E-state index contributed by atoms with van der Waals surface area (Å²) >= 11 is 0. The van der Waals surface area contributed by atoms with Gasteiger partial charge in [0.25, 0.3) is 0 Å². The second-order valence-corrected chi connectivity index (χ2v) is 7.80. The van der Waals surface area contributed by atoms with Crippen molar-refractivity contribution in [3.63, 3.8) is 0 Å². The summed E-state index contributed by atoms with van der Waals surface area (Å²) < 4.78 is 18.6. The first-order valence-electron chi connectivity index (χ1n) is 9.08. The van der Waals surface area contributed by atoms with Crippen molar-refractivity contribution in [1.82, 2.24) is 10.2 Å². The first-order chi connectivity index (χ1) is 12.0. The number of likely N-dealkylation sites (tertiary alicyclic amines) is 1. The van der Waals surface area contributed by atoms with E-state index in [0.29, 0.717) is 18.1 Å². The van der Waals surface area contributed by atoms with Crippen LogP contribution in [0.4, 0.5) is 4.39 Å². The summed E-state index contributed by atoms with van der Waals surface area (Å²) in [7, 11) is 0. The maximum Gasteiger partial charge on any atom is 0.225 e. The first-order valence-corrected chi connectivity index (χ1v) is 9.08. The van der Waals surface area contributed by atoms with E-state index in [1.54, 1.807) is 13.0 Å². The number of rotatable bonds is 2. The van der Waals surface area contributed by atoms with Crippen LogP contribution in [0.3, 0.4) is 0 Å². The quantitative estimate of drug-likeness (QED) is 0.857. The summed E-state index contributed by atoms with van der Waals surface area (Å²) in [6, 6.07) is 5.35. The van der Waals surface area contributed by atoms with Crippen molar-refractivity contribution in [3.05, 3.63) is 35.1 Å². The van der Waals surface area contributed by atoms with Gasteiger partial charge >= 0.3 is 0 Å². The molecule has 4 rings (SSSR count). The highest BCUT2D eigenvalue weighted by molar-refractivity contribution is 5.80. The molecule has 3 aliphatic rings. The molecule has 0 radical (unpaired) electrons. The number of halogens is 1. The largest absolute Gasteiger partial charge is 0.356 e. The molecule has 25 heavy (non-hydrogen) atoms. The number of aryl methyl sites for hydroxylation is 1. The summed E-state index contributed by atoms with van der Waals surface area (Å²) in [5.74, 6) is 0.495. The van der Waals surface area contributed by atoms with Crippen LogP contribution in [0.2, 0.25) is 0 Å². The van der Waals surface area contributed by atoms with Crippen molar-refractivity contribution in [3.8, 4) is 0 Å². The van der Waals surface area contributed by atoms with E-state index in [1.165, 1.54) is 5.56 Å². The van der Waals surface area contributed by atoms with E-state index in [1.807, 2.05) is 17.0 Å². The topological polar surface area (TPSA) is 61.8 Å². The Labute approximate surface area is 147 Å². The Kier molecular flexibility index (Phi) is 4.30. The Morgan fingerprint density at radius 2 is 2.08 bits per heavy atom. The minimum Gasteiger partial charge on any atom is -0.356 e. The number of carbonyl (C=O) groups excluding carboxylic acids is 1. The third-order valence-electron chi connectivity index (χ3n) is 6.03. The Morgan fingerprint density at radius 3 is 2.68 bits per heavy atom. The highest BCUT2D eigenvalue weighted by Crippen LogP contribution is 2.42. The third kappa shape index (κ3) is 3.18. The molecule has 2 aliphatic heterocycles. The zero-order chi connectivity index (χ0) is 17.6. The molecule has 1 spiro atoms. The number of amides is 1. The highest BCUT2D eigenvalue weighted by atomic mass is 19.1. The molecule has 1 amide bonds. The maximum absolute atomic E-state index is 13.4. The molecule has 1 unspecified atom stereocenters. The first kappa shape index (κ1) is 16.9. The lowest BCUT2D eigenvalue weighted by Crippen LogP contribution is -2.59. The number of aliphatic hydroxyl groups is 1. The van der Waals surface area contributed by atoms with Gasteiger partial charge in [-0.15, -0.1) is 0 Å². The molecule has 6 heteroatoms. The molecular formula is C19H25FN2O3.